The molecule has 0 radical (unpaired) electrons. The fourth-order valence-electron chi connectivity index (χ4n) is 2.42. The van der Waals surface area contributed by atoms with Crippen LogP contribution in [0.4, 0.5) is 0 Å². The molecule has 0 atom stereocenters. The summed E-state index contributed by atoms with van der Waals surface area (Å²) < 4.78 is 1.72. The van der Waals surface area contributed by atoms with E-state index in [0.717, 1.165) is 11.1 Å². The summed E-state index contributed by atoms with van der Waals surface area (Å²) in [4.78, 5) is 15.2. The van der Waals surface area contributed by atoms with Gasteiger partial charge in [-0.2, -0.15) is 10.4 Å². The van der Waals surface area contributed by atoms with E-state index in [2.05, 4.69) is 10.1 Å². The van der Waals surface area contributed by atoms with E-state index in [4.69, 9.17) is 10.4 Å². The standard InChI is InChI=1S/C19H14N4O2/c20-10-16(19(24)25)9-17-13-23(12-14-5-2-1-3-6-14)22-18(17)15-7-4-8-21-11-15/h1-9,11,13H,12H2,(H,24,25)/b16-9-. The van der Waals surface area contributed by atoms with E-state index in [1.807, 2.05) is 36.4 Å². The number of carbonyl (C=O) groups is 1. The molecule has 3 rings (SSSR count). The number of nitrogens with zero attached hydrogens (tertiary/aromatic N) is 4. The highest BCUT2D eigenvalue weighted by molar-refractivity contribution is 5.97. The predicted octanol–water partition coefficient (Wildman–Crippen LogP) is 2.98. The zero-order valence-corrected chi connectivity index (χ0v) is 13.2. The SMILES string of the molecule is N#C/C(=C/c1cn(Cc2ccccc2)nc1-c1cccnc1)C(=O)O. The summed E-state index contributed by atoms with van der Waals surface area (Å²) >= 11 is 0. The van der Waals surface area contributed by atoms with Gasteiger partial charge in [0.1, 0.15) is 17.3 Å². The fourth-order valence-corrected chi connectivity index (χ4v) is 2.42. The van der Waals surface area contributed by atoms with Gasteiger partial charge in [-0.3, -0.25) is 9.67 Å². The predicted molar refractivity (Wildman–Crippen MR) is 92.2 cm³/mol. The molecule has 0 aliphatic rings. The second-order valence-corrected chi connectivity index (χ2v) is 5.33. The first-order chi connectivity index (χ1) is 12.2. The molecule has 122 valence electrons. The van der Waals surface area contributed by atoms with E-state index in [0.29, 0.717) is 17.8 Å². The number of carboxylic acid groups (broad SMARTS) is 1. The number of hydrogen-bond acceptors (Lipinski definition) is 4. The van der Waals surface area contributed by atoms with Crippen LogP contribution in [0.15, 0.2) is 66.6 Å². The second kappa shape index (κ2) is 7.23. The number of pyridine rings is 1. The quantitative estimate of drug-likeness (QED) is 0.573. The van der Waals surface area contributed by atoms with Crippen molar-refractivity contribution in [1.82, 2.24) is 14.8 Å². The first-order valence-electron chi connectivity index (χ1n) is 7.54. The number of benzene rings is 1. The molecule has 25 heavy (non-hydrogen) atoms. The Hall–Kier alpha value is -3.72. The van der Waals surface area contributed by atoms with E-state index >= 15 is 0 Å². The summed E-state index contributed by atoms with van der Waals surface area (Å²) in [5.41, 5.74) is 2.62. The Labute approximate surface area is 144 Å². The van der Waals surface area contributed by atoms with Gasteiger partial charge in [0.2, 0.25) is 0 Å². The molecule has 3 aromatic rings. The van der Waals surface area contributed by atoms with Gasteiger partial charge in [0, 0.05) is 29.7 Å². The molecule has 6 nitrogen and oxygen atoms in total. The third-order valence-electron chi connectivity index (χ3n) is 3.56. The van der Waals surface area contributed by atoms with Crippen LogP contribution in [0.25, 0.3) is 17.3 Å². The maximum atomic E-state index is 11.2. The Balaban J connectivity index is 2.06. The molecule has 0 spiro atoms. The van der Waals surface area contributed by atoms with Crippen molar-refractivity contribution in [1.29, 1.82) is 5.26 Å². The first kappa shape index (κ1) is 16.1. The lowest BCUT2D eigenvalue weighted by atomic mass is 10.1. The minimum atomic E-state index is -1.27. The number of nitriles is 1. The summed E-state index contributed by atoms with van der Waals surface area (Å²) in [6, 6.07) is 15.1. The number of hydrogen-bond donors (Lipinski definition) is 1. The molecule has 0 unspecified atom stereocenters. The van der Waals surface area contributed by atoms with Crippen molar-refractivity contribution in [2.75, 3.05) is 0 Å². The molecule has 0 amide bonds. The summed E-state index contributed by atoms with van der Waals surface area (Å²) in [6.45, 7) is 0.539. The van der Waals surface area contributed by atoms with Gasteiger partial charge in [-0.1, -0.05) is 30.3 Å². The average molecular weight is 330 g/mol. The number of aliphatic carboxylic acids is 1. The third kappa shape index (κ3) is 3.79. The number of aromatic nitrogens is 3. The molecule has 0 aliphatic carbocycles. The van der Waals surface area contributed by atoms with E-state index in [9.17, 15) is 4.79 Å². The Morgan fingerprint density at radius 3 is 2.68 bits per heavy atom. The van der Waals surface area contributed by atoms with Gasteiger partial charge < -0.3 is 5.11 Å². The van der Waals surface area contributed by atoms with Crippen LogP contribution in [-0.4, -0.2) is 25.8 Å². The van der Waals surface area contributed by atoms with Gasteiger partial charge in [0.15, 0.2) is 0 Å². The third-order valence-corrected chi connectivity index (χ3v) is 3.56. The lowest BCUT2D eigenvalue weighted by molar-refractivity contribution is -0.132. The highest BCUT2D eigenvalue weighted by atomic mass is 16.4. The topological polar surface area (TPSA) is 91.8 Å². The van der Waals surface area contributed by atoms with Crippen LogP contribution in [-0.2, 0) is 11.3 Å². The van der Waals surface area contributed by atoms with E-state index in [1.165, 1.54) is 6.08 Å². The van der Waals surface area contributed by atoms with Crippen molar-refractivity contribution in [3.05, 3.63) is 77.8 Å². The fraction of sp³-hybridized carbons (Fsp3) is 0.0526. The van der Waals surface area contributed by atoms with Gasteiger partial charge in [0.25, 0.3) is 0 Å². The summed E-state index contributed by atoms with van der Waals surface area (Å²) in [6.07, 6.45) is 6.37. The molecule has 2 heterocycles. The minimum absolute atomic E-state index is 0.343. The molecule has 1 aromatic carbocycles. The maximum absolute atomic E-state index is 11.2. The molecule has 1 N–H and O–H groups in total. The summed E-state index contributed by atoms with van der Waals surface area (Å²) in [5, 5.41) is 22.7. The van der Waals surface area contributed by atoms with Crippen molar-refractivity contribution in [3.63, 3.8) is 0 Å². The van der Waals surface area contributed by atoms with Gasteiger partial charge in [-0.25, -0.2) is 4.79 Å². The molecule has 0 bridgehead atoms. The van der Waals surface area contributed by atoms with Crippen molar-refractivity contribution >= 4 is 12.0 Å². The van der Waals surface area contributed by atoms with Crippen LogP contribution in [0.5, 0.6) is 0 Å². The second-order valence-electron chi connectivity index (χ2n) is 5.33. The molecule has 0 saturated carbocycles. The lowest BCUT2D eigenvalue weighted by Crippen LogP contribution is -2.00. The largest absolute Gasteiger partial charge is 0.477 e. The Bertz CT molecular complexity index is 954. The van der Waals surface area contributed by atoms with Crippen LogP contribution >= 0.6 is 0 Å². The Morgan fingerprint density at radius 1 is 1.24 bits per heavy atom. The number of carboxylic acids is 1. The summed E-state index contributed by atoms with van der Waals surface area (Å²) in [7, 11) is 0. The zero-order valence-electron chi connectivity index (χ0n) is 13.2. The van der Waals surface area contributed by atoms with Crippen molar-refractivity contribution in [3.8, 4) is 17.3 Å². The Kier molecular flexibility index (Phi) is 4.67. The molecule has 0 saturated heterocycles. The van der Waals surface area contributed by atoms with Crippen molar-refractivity contribution in [2.45, 2.75) is 6.54 Å². The normalized spacial score (nSPS) is 11.1. The first-order valence-corrected chi connectivity index (χ1v) is 7.54. The van der Waals surface area contributed by atoms with Gasteiger partial charge in [-0.15, -0.1) is 0 Å². The van der Waals surface area contributed by atoms with Crippen molar-refractivity contribution < 1.29 is 9.90 Å². The van der Waals surface area contributed by atoms with E-state index < -0.39 is 5.97 Å². The highest BCUT2D eigenvalue weighted by Crippen LogP contribution is 2.24. The van der Waals surface area contributed by atoms with Crippen molar-refractivity contribution in [2.24, 2.45) is 0 Å². The minimum Gasteiger partial charge on any atom is -0.477 e. The number of rotatable bonds is 5. The molecular formula is C19H14N4O2. The van der Waals surface area contributed by atoms with E-state index in [1.54, 1.807) is 35.4 Å². The highest BCUT2D eigenvalue weighted by Gasteiger charge is 2.13. The van der Waals surface area contributed by atoms with Crippen LogP contribution in [0.3, 0.4) is 0 Å². The average Bonchev–Trinajstić information content (AvgIpc) is 3.03. The molecule has 6 heteroatoms. The molecule has 0 fully saturated rings. The molecular weight excluding hydrogens is 316 g/mol. The zero-order chi connectivity index (χ0) is 17.6. The van der Waals surface area contributed by atoms with Crippen LogP contribution < -0.4 is 0 Å². The monoisotopic (exact) mass is 330 g/mol. The van der Waals surface area contributed by atoms with Gasteiger partial charge >= 0.3 is 5.97 Å². The Morgan fingerprint density at radius 2 is 2.04 bits per heavy atom. The summed E-state index contributed by atoms with van der Waals surface area (Å²) in [5.74, 6) is -1.27. The van der Waals surface area contributed by atoms with Gasteiger partial charge in [-0.05, 0) is 23.8 Å². The lowest BCUT2D eigenvalue weighted by Gasteiger charge is -2.01. The van der Waals surface area contributed by atoms with E-state index in [-0.39, 0.29) is 5.57 Å². The van der Waals surface area contributed by atoms with Crippen LogP contribution in [0, 0.1) is 11.3 Å². The maximum Gasteiger partial charge on any atom is 0.346 e. The molecule has 0 aliphatic heterocycles. The van der Waals surface area contributed by atoms with Gasteiger partial charge in [0.05, 0.1) is 6.54 Å². The van der Waals surface area contributed by atoms with Crippen LogP contribution in [0.1, 0.15) is 11.1 Å². The molecule has 2 aromatic heterocycles. The van der Waals surface area contributed by atoms with Crippen LogP contribution in [0.2, 0.25) is 0 Å². The smallest absolute Gasteiger partial charge is 0.346 e.